The molecule has 2 rings (SSSR count). The molecule has 0 saturated heterocycles. The summed E-state index contributed by atoms with van der Waals surface area (Å²) < 4.78 is 10.4. The standard InChI is InChI=1S/C21H29NO4.C4H4O4.H2O/c1-25-18-10-6-16(7-11-18)20(22-14-4-3-5-15-23)21(24)17-8-12-19(26-2)13-9-17;5-3(6)1-2-4(7)8;/h6-13,20-24H,3-5,14-15H2,1-2H3;1-2H,(H,5,6)(H,7,8);1H2/b;2-1+;. The molecule has 0 aliphatic rings. The lowest BCUT2D eigenvalue weighted by Crippen LogP contribution is -2.28. The third-order valence-electron chi connectivity index (χ3n) is 4.82. The van der Waals surface area contributed by atoms with Crippen molar-refractivity contribution < 1.29 is 45.0 Å². The van der Waals surface area contributed by atoms with Gasteiger partial charge in [0.05, 0.1) is 26.4 Å². The number of hydrogen-bond acceptors (Lipinski definition) is 7. The summed E-state index contributed by atoms with van der Waals surface area (Å²) in [4.78, 5) is 19.1. The average Bonchev–Trinajstić information content (AvgIpc) is 2.85. The Morgan fingerprint density at radius 3 is 1.69 bits per heavy atom. The van der Waals surface area contributed by atoms with Crippen molar-refractivity contribution >= 4 is 11.9 Å². The second-order valence-corrected chi connectivity index (χ2v) is 7.22. The Morgan fingerprint density at radius 1 is 0.829 bits per heavy atom. The second kappa shape index (κ2) is 18.0. The molecule has 10 heteroatoms. The first kappa shape index (κ1) is 31.6. The number of methoxy groups -OCH3 is 2. The molecule has 0 fully saturated rings. The van der Waals surface area contributed by atoms with E-state index in [4.69, 9.17) is 24.8 Å². The predicted octanol–water partition coefficient (Wildman–Crippen LogP) is 2.12. The molecule has 0 aliphatic heterocycles. The number of benzene rings is 2. The van der Waals surface area contributed by atoms with Crippen LogP contribution in [0.5, 0.6) is 11.5 Å². The molecule has 10 nitrogen and oxygen atoms in total. The van der Waals surface area contributed by atoms with Crippen molar-refractivity contribution in [2.24, 2.45) is 0 Å². The quantitative estimate of drug-likeness (QED) is 0.206. The van der Waals surface area contributed by atoms with Gasteiger partial charge in [-0.2, -0.15) is 0 Å². The van der Waals surface area contributed by atoms with Crippen LogP contribution in [0, 0.1) is 0 Å². The minimum absolute atomic E-state index is 0. The highest BCUT2D eigenvalue weighted by Crippen LogP contribution is 2.31. The van der Waals surface area contributed by atoms with E-state index in [0.717, 1.165) is 48.4 Å². The first-order valence-electron chi connectivity index (χ1n) is 10.8. The van der Waals surface area contributed by atoms with Crippen molar-refractivity contribution in [1.82, 2.24) is 5.32 Å². The smallest absolute Gasteiger partial charge is 0.328 e. The summed E-state index contributed by atoms with van der Waals surface area (Å²) in [5.41, 5.74) is 1.82. The van der Waals surface area contributed by atoms with Gasteiger partial charge >= 0.3 is 11.9 Å². The highest BCUT2D eigenvalue weighted by molar-refractivity contribution is 5.89. The Hall–Kier alpha value is -3.44. The van der Waals surface area contributed by atoms with Crippen LogP contribution in [0.1, 0.15) is 42.5 Å². The summed E-state index contributed by atoms with van der Waals surface area (Å²) in [6.45, 7) is 0.986. The maximum atomic E-state index is 11.0. The van der Waals surface area contributed by atoms with E-state index in [1.165, 1.54) is 0 Å². The highest BCUT2D eigenvalue weighted by Gasteiger charge is 2.22. The van der Waals surface area contributed by atoms with Crippen molar-refractivity contribution in [3.8, 4) is 11.5 Å². The number of ether oxygens (including phenoxy) is 2. The maximum absolute atomic E-state index is 11.0. The van der Waals surface area contributed by atoms with Gasteiger partial charge in [0.2, 0.25) is 0 Å². The molecule has 2 atom stereocenters. The number of carbonyl (C=O) groups is 2. The van der Waals surface area contributed by atoms with Crippen molar-refractivity contribution in [1.29, 1.82) is 0 Å². The van der Waals surface area contributed by atoms with Gasteiger partial charge in [-0.25, -0.2) is 9.59 Å². The largest absolute Gasteiger partial charge is 0.497 e. The number of carboxylic acid groups (broad SMARTS) is 2. The zero-order chi connectivity index (χ0) is 25.3. The SMILES string of the molecule is COc1ccc(C(O)C(NCCCCCO)c2ccc(OC)cc2)cc1.O.O=C(O)/C=C/C(=O)O. The molecule has 0 amide bonds. The predicted molar refractivity (Wildman–Crippen MR) is 131 cm³/mol. The number of unbranched alkanes of at least 4 members (excludes halogenated alkanes) is 2. The van der Waals surface area contributed by atoms with Gasteiger partial charge in [-0.3, -0.25) is 0 Å². The molecule has 0 aliphatic carbocycles. The van der Waals surface area contributed by atoms with E-state index in [1.54, 1.807) is 14.2 Å². The maximum Gasteiger partial charge on any atom is 0.328 e. The Kier molecular flexibility index (Phi) is 16.2. The van der Waals surface area contributed by atoms with Crippen LogP contribution in [0.4, 0.5) is 0 Å². The summed E-state index contributed by atoms with van der Waals surface area (Å²) >= 11 is 0. The molecule has 2 aromatic carbocycles. The van der Waals surface area contributed by atoms with Crippen molar-refractivity contribution in [2.45, 2.75) is 31.4 Å². The first-order valence-corrected chi connectivity index (χ1v) is 10.8. The number of hydrogen-bond donors (Lipinski definition) is 5. The van der Waals surface area contributed by atoms with Crippen LogP contribution in [0.25, 0.3) is 0 Å². The monoisotopic (exact) mass is 493 g/mol. The zero-order valence-corrected chi connectivity index (χ0v) is 19.9. The van der Waals surface area contributed by atoms with E-state index in [-0.39, 0.29) is 18.1 Å². The van der Waals surface area contributed by atoms with Crippen LogP contribution in [0.3, 0.4) is 0 Å². The topological polar surface area (TPSA) is 177 Å². The van der Waals surface area contributed by atoms with Gasteiger partial charge in [0.25, 0.3) is 0 Å². The fraction of sp³-hybridized carbons (Fsp3) is 0.360. The van der Waals surface area contributed by atoms with Crippen molar-refractivity contribution in [3.63, 3.8) is 0 Å². The summed E-state index contributed by atoms with van der Waals surface area (Å²) in [5, 5.41) is 38.9. The number of nitrogens with one attached hydrogen (secondary N) is 1. The Balaban J connectivity index is 0.00000111. The van der Waals surface area contributed by atoms with E-state index in [0.29, 0.717) is 12.2 Å². The van der Waals surface area contributed by atoms with E-state index in [1.807, 2.05) is 48.5 Å². The Bertz CT molecular complexity index is 867. The van der Waals surface area contributed by atoms with Crippen molar-refractivity contribution in [3.05, 3.63) is 71.8 Å². The summed E-state index contributed by atoms with van der Waals surface area (Å²) in [6, 6.07) is 15.0. The van der Waals surface area contributed by atoms with E-state index >= 15 is 0 Å². The second-order valence-electron chi connectivity index (χ2n) is 7.22. The van der Waals surface area contributed by atoms with Gasteiger partial charge in [-0.1, -0.05) is 24.3 Å². The molecule has 0 radical (unpaired) electrons. The fourth-order valence-electron chi connectivity index (χ4n) is 3.03. The third kappa shape index (κ3) is 12.6. The summed E-state index contributed by atoms with van der Waals surface area (Å²) in [7, 11) is 3.26. The van der Waals surface area contributed by atoms with Crippen LogP contribution in [0.15, 0.2) is 60.7 Å². The van der Waals surface area contributed by atoms with Crippen LogP contribution >= 0.6 is 0 Å². The van der Waals surface area contributed by atoms with Gasteiger partial charge in [0, 0.05) is 18.8 Å². The number of carboxylic acids is 2. The highest BCUT2D eigenvalue weighted by atomic mass is 16.5. The van der Waals surface area contributed by atoms with Crippen LogP contribution in [-0.4, -0.2) is 65.2 Å². The summed E-state index contributed by atoms with van der Waals surface area (Å²) in [5.74, 6) is -0.965. The molecule has 0 bridgehead atoms. The lowest BCUT2D eigenvalue weighted by molar-refractivity contribution is -0.134. The molecular weight excluding hydrogens is 458 g/mol. The van der Waals surface area contributed by atoms with Gasteiger partial charge < -0.3 is 40.7 Å². The van der Waals surface area contributed by atoms with Crippen LogP contribution in [0.2, 0.25) is 0 Å². The Morgan fingerprint density at radius 2 is 1.29 bits per heavy atom. The minimum atomic E-state index is -1.26. The van der Waals surface area contributed by atoms with Gasteiger partial charge in [-0.15, -0.1) is 0 Å². The van der Waals surface area contributed by atoms with E-state index in [9.17, 15) is 14.7 Å². The van der Waals surface area contributed by atoms with Crippen LogP contribution in [-0.2, 0) is 9.59 Å². The van der Waals surface area contributed by atoms with E-state index in [2.05, 4.69) is 5.32 Å². The molecule has 35 heavy (non-hydrogen) atoms. The number of aliphatic hydroxyl groups is 2. The van der Waals surface area contributed by atoms with Crippen LogP contribution < -0.4 is 14.8 Å². The Labute approximate surface area is 204 Å². The van der Waals surface area contributed by atoms with Gasteiger partial charge in [-0.05, 0) is 61.2 Å². The number of aliphatic carboxylic acids is 2. The molecule has 2 unspecified atom stereocenters. The number of rotatable bonds is 13. The molecule has 0 heterocycles. The third-order valence-corrected chi connectivity index (χ3v) is 4.82. The lowest BCUT2D eigenvalue weighted by Gasteiger charge is -2.25. The molecule has 194 valence electrons. The minimum Gasteiger partial charge on any atom is -0.497 e. The molecule has 0 aromatic heterocycles. The zero-order valence-electron chi connectivity index (χ0n) is 19.9. The molecule has 0 saturated carbocycles. The molecule has 0 spiro atoms. The van der Waals surface area contributed by atoms with Gasteiger partial charge in [0.1, 0.15) is 11.5 Å². The molecule has 2 aromatic rings. The summed E-state index contributed by atoms with van der Waals surface area (Å²) in [6.07, 6.45) is 3.13. The lowest BCUT2D eigenvalue weighted by atomic mass is 9.95. The van der Waals surface area contributed by atoms with Crippen molar-refractivity contribution in [2.75, 3.05) is 27.4 Å². The van der Waals surface area contributed by atoms with E-state index < -0.39 is 18.0 Å². The first-order chi connectivity index (χ1) is 16.3. The molecular formula is C25H35NO9. The average molecular weight is 494 g/mol. The number of aliphatic hydroxyl groups excluding tert-OH is 2. The normalized spacial score (nSPS) is 12.0. The van der Waals surface area contributed by atoms with Gasteiger partial charge in [0.15, 0.2) is 0 Å². The fourth-order valence-corrected chi connectivity index (χ4v) is 3.03. The molecule has 7 N–H and O–H groups in total.